The summed E-state index contributed by atoms with van der Waals surface area (Å²) in [6.45, 7) is 1.75. The number of aromatic nitrogens is 2. The number of carbonyl (C=O) groups is 1. The van der Waals surface area contributed by atoms with E-state index in [1.807, 2.05) is 23.7 Å². The van der Waals surface area contributed by atoms with Crippen LogP contribution in [-0.2, 0) is 7.05 Å². The zero-order valence-electron chi connectivity index (χ0n) is 13.1. The molecule has 0 unspecified atom stereocenters. The minimum Gasteiger partial charge on any atom is -0.493 e. The average molecular weight is 333 g/mol. The van der Waals surface area contributed by atoms with Crippen molar-refractivity contribution in [3.05, 3.63) is 34.5 Å². The topological polar surface area (TPSA) is 78.9 Å². The predicted molar refractivity (Wildman–Crippen MR) is 85.0 cm³/mol. The normalized spacial score (nSPS) is 11.9. The third-order valence-electron chi connectivity index (χ3n) is 3.35. The smallest absolute Gasteiger partial charge is 0.318 e. The van der Waals surface area contributed by atoms with Crippen LogP contribution in [0.25, 0.3) is 10.2 Å². The van der Waals surface area contributed by atoms with Gasteiger partial charge in [-0.05, 0) is 6.92 Å². The summed E-state index contributed by atoms with van der Waals surface area (Å²) in [6, 6.07) is 5.28. The number of nitrogens with zero attached hydrogens (tertiary/aromatic N) is 3. The van der Waals surface area contributed by atoms with Crippen LogP contribution in [0.3, 0.4) is 0 Å². The van der Waals surface area contributed by atoms with E-state index in [0.717, 1.165) is 10.2 Å². The molecular weight excluding hydrogens is 318 g/mol. The van der Waals surface area contributed by atoms with Gasteiger partial charge in [-0.25, -0.2) is 0 Å². The van der Waals surface area contributed by atoms with Gasteiger partial charge in [0.15, 0.2) is 16.3 Å². The number of benzene rings is 1. The molecule has 0 N–H and O–H groups in total. The van der Waals surface area contributed by atoms with E-state index in [1.165, 1.54) is 11.3 Å². The molecule has 0 saturated heterocycles. The molecule has 2 heterocycles. The largest absolute Gasteiger partial charge is 0.493 e. The van der Waals surface area contributed by atoms with Crippen molar-refractivity contribution in [2.75, 3.05) is 14.2 Å². The Morgan fingerprint density at radius 3 is 2.57 bits per heavy atom. The molecule has 0 atom stereocenters. The number of carbonyl (C=O) groups excluding carboxylic acids is 1. The van der Waals surface area contributed by atoms with Gasteiger partial charge in [-0.2, -0.15) is 4.99 Å². The van der Waals surface area contributed by atoms with Gasteiger partial charge < -0.3 is 18.6 Å². The summed E-state index contributed by atoms with van der Waals surface area (Å²) in [5.41, 5.74) is 1.53. The molecule has 0 aliphatic carbocycles. The van der Waals surface area contributed by atoms with E-state index in [-0.39, 0.29) is 5.76 Å². The van der Waals surface area contributed by atoms with Gasteiger partial charge in [0.25, 0.3) is 0 Å². The number of fused-ring (bicyclic) bond motifs is 1. The number of amides is 1. The van der Waals surface area contributed by atoms with E-state index in [2.05, 4.69) is 10.1 Å². The van der Waals surface area contributed by atoms with E-state index in [4.69, 9.17) is 14.0 Å². The van der Waals surface area contributed by atoms with Crippen LogP contribution >= 0.6 is 11.3 Å². The monoisotopic (exact) mass is 333 g/mol. The summed E-state index contributed by atoms with van der Waals surface area (Å²) in [4.78, 5) is 16.8. The predicted octanol–water partition coefficient (Wildman–Crippen LogP) is 2.29. The Morgan fingerprint density at radius 2 is 1.96 bits per heavy atom. The van der Waals surface area contributed by atoms with Crippen molar-refractivity contribution < 1.29 is 18.8 Å². The lowest BCUT2D eigenvalue weighted by atomic mass is 10.3. The van der Waals surface area contributed by atoms with Crippen molar-refractivity contribution in [3.63, 3.8) is 0 Å². The minimum absolute atomic E-state index is 0.120. The maximum Gasteiger partial charge on any atom is 0.318 e. The Bertz CT molecular complexity index is 951. The molecule has 0 aliphatic rings. The van der Waals surface area contributed by atoms with Crippen LogP contribution in [0.15, 0.2) is 27.7 Å². The zero-order chi connectivity index (χ0) is 16.6. The third kappa shape index (κ3) is 2.72. The first-order chi connectivity index (χ1) is 11.0. The molecule has 2 aromatic heterocycles. The SMILES string of the molecule is COc1cc2sc(=NC(=O)c3cc(C)no3)n(C)c2cc1OC. The number of rotatable bonds is 3. The van der Waals surface area contributed by atoms with E-state index in [0.29, 0.717) is 22.0 Å². The Kier molecular flexibility index (Phi) is 3.91. The van der Waals surface area contributed by atoms with Crippen LogP contribution in [0.4, 0.5) is 0 Å². The van der Waals surface area contributed by atoms with Crippen molar-refractivity contribution in [2.24, 2.45) is 12.0 Å². The van der Waals surface area contributed by atoms with E-state index in [9.17, 15) is 4.79 Å². The van der Waals surface area contributed by atoms with Gasteiger partial charge in [0.05, 0.1) is 30.1 Å². The fraction of sp³-hybridized carbons (Fsp3) is 0.267. The van der Waals surface area contributed by atoms with Crippen LogP contribution in [0.1, 0.15) is 16.2 Å². The van der Waals surface area contributed by atoms with Gasteiger partial charge in [0.2, 0.25) is 5.76 Å². The molecule has 0 spiro atoms. The van der Waals surface area contributed by atoms with E-state index >= 15 is 0 Å². The Morgan fingerprint density at radius 1 is 1.26 bits per heavy atom. The molecule has 0 bridgehead atoms. The summed E-state index contributed by atoms with van der Waals surface area (Å²) in [5, 5.41) is 3.70. The van der Waals surface area contributed by atoms with Crippen LogP contribution in [-0.4, -0.2) is 29.9 Å². The fourth-order valence-electron chi connectivity index (χ4n) is 2.17. The highest BCUT2D eigenvalue weighted by Gasteiger charge is 2.14. The lowest BCUT2D eigenvalue weighted by Gasteiger charge is -2.07. The second kappa shape index (κ2) is 5.88. The lowest BCUT2D eigenvalue weighted by Crippen LogP contribution is -2.13. The number of methoxy groups -OCH3 is 2. The molecule has 7 nitrogen and oxygen atoms in total. The van der Waals surface area contributed by atoms with Crippen molar-refractivity contribution in [3.8, 4) is 11.5 Å². The Balaban J connectivity index is 2.13. The van der Waals surface area contributed by atoms with Gasteiger partial charge in [0.1, 0.15) is 0 Å². The van der Waals surface area contributed by atoms with Gasteiger partial charge >= 0.3 is 5.91 Å². The first-order valence-electron chi connectivity index (χ1n) is 6.77. The lowest BCUT2D eigenvalue weighted by molar-refractivity contribution is 0.0962. The van der Waals surface area contributed by atoms with Crippen LogP contribution in [0.5, 0.6) is 11.5 Å². The van der Waals surface area contributed by atoms with Crippen LogP contribution < -0.4 is 14.3 Å². The average Bonchev–Trinajstić information content (AvgIpc) is 3.10. The summed E-state index contributed by atoms with van der Waals surface area (Å²) in [5.74, 6) is 0.907. The molecule has 8 heteroatoms. The molecule has 3 rings (SSSR count). The first kappa shape index (κ1) is 15.3. The maximum absolute atomic E-state index is 12.1. The molecule has 0 fully saturated rings. The number of thiazole rings is 1. The molecule has 3 aromatic rings. The molecule has 0 saturated carbocycles. The van der Waals surface area contributed by atoms with Gasteiger partial charge in [-0.15, -0.1) is 0 Å². The molecule has 120 valence electrons. The van der Waals surface area contributed by atoms with E-state index < -0.39 is 5.91 Å². The molecular formula is C15H15N3O4S. The number of hydrogen-bond acceptors (Lipinski definition) is 6. The molecule has 1 amide bonds. The number of ether oxygens (including phenoxy) is 2. The summed E-state index contributed by atoms with van der Waals surface area (Å²) >= 11 is 1.38. The highest BCUT2D eigenvalue weighted by atomic mass is 32.1. The highest BCUT2D eigenvalue weighted by Crippen LogP contribution is 2.33. The molecule has 1 aromatic carbocycles. The maximum atomic E-state index is 12.1. The van der Waals surface area contributed by atoms with Crippen LogP contribution in [0.2, 0.25) is 0 Å². The van der Waals surface area contributed by atoms with Crippen molar-refractivity contribution in [1.82, 2.24) is 9.72 Å². The standard InChI is InChI=1S/C15H15N3O4S/c1-8-5-12(22-17-8)14(19)16-15-18(2)9-6-10(20-3)11(21-4)7-13(9)23-15/h5-7H,1-4H3. The van der Waals surface area contributed by atoms with E-state index in [1.54, 1.807) is 27.2 Å². The second-order valence-electron chi connectivity index (χ2n) is 4.87. The summed E-state index contributed by atoms with van der Waals surface area (Å²) in [6.07, 6.45) is 0. The summed E-state index contributed by atoms with van der Waals surface area (Å²) < 4.78 is 18.3. The number of aryl methyl sites for hydroxylation is 2. The molecule has 0 radical (unpaired) electrons. The number of hydrogen-bond donors (Lipinski definition) is 0. The van der Waals surface area contributed by atoms with Crippen LogP contribution in [0, 0.1) is 6.92 Å². The van der Waals surface area contributed by atoms with Crippen molar-refractivity contribution >= 4 is 27.5 Å². The second-order valence-corrected chi connectivity index (χ2v) is 5.88. The first-order valence-corrected chi connectivity index (χ1v) is 7.59. The minimum atomic E-state index is -0.466. The molecule has 0 aliphatic heterocycles. The molecule has 23 heavy (non-hydrogen) atoms. The van der Waals surface area contributed by atoms with Gasteiger partial charge in [-0.3, -0.25) is 4.79 Å². The summed E-state index contributed by atoms with van der Waals surface area (Å²) in [7, 11) is 5.00. The quantitative estimate of drug-likeness (QED) is 0.735. The third-order valence-corrected chi connectivity index (χ3v) is 4.45. The highest BCUT2D eigenvalue weighted by molar-refractivity contribution is 7.16. The van der Waals surface area contributed by atoms with Gasteiger partial charge in [-0.1, -0.05) is 16.5 Å². The van der Waals surface area contributed by atoms with Crippen molar-refractivity contribution in [2.45, 2.75) is 6.92 Å². The van der Waals surface area contributed by atoms with Gasteiger partial charge in [0, 0.05) is 25.2 Å². The zero-order valence-corrected chi connectivity index (χ0v) is 13.9. The Labute approximate surface area is 135 Å². The Hall–Kier alpha value is -2.61. The van der Waals surface area contributed by atoms with Crippen molar-refractivity contribution in [1.29, 1.82) is 0 Å². The fourth-order valence-corrected chi connectivity index (χ4v) is 3.19.